The molecule has 5 nitrogen and oxygen atoms in total. The SMILES string of the molecule is CCCOc1ccc(C=CC(=O)NCc2ccc(Cl)nc2)cc1OCC. The molecule has 0 unspecified atom stereocenters. The first-order valence-electron chi connectivity index (χ1n) is 8.58. The lowest BCUT2D eigenvalue weighted by Gasteiger charge is -2.12. The monoisotopic (exact) mass is 374 g/mol. The fourth-order valence-corrected chi connectivity index (χ4v) is 2.27. The quantitative estimate of drug-likeness (QED) is 0.526. The average molecular weight is 375 g/mol. The van der Waals surface area contributed by atoms with E-state index in [0.29, 0.717) is 36.4 Å². The number of carbonyl (C=O) groups excluding carboxylic acids is 1. The van der Waals surface area contributed by atoms with Gasteiger partial charge in [-0.15, -0.1) is 0 Å². The summed E-state index contributed by atoms with van der Waals surface area (Å²) in [5, 5.41) is 3.23. The van der Waals surface area contributed by atoms with Gasteiger partial charge in [0.25, 0.3) is 0 Å². The van der Waals surface area contributed by atoms with Gasteiger partial charge in [-0.3, -0.25) is 4.79 Å². The van der Waals surface area contributed by atoms with Gasteiger partial charge < -0.3 is 14.8 Å². The topological polar surface area (TPSA) is 60.5 Å². The Kier molecular flexibility index (Phi) is 7.96. The van der Waals surface area contributed by atoms with Crippen molar-refractivity contribution >= 4 is 23.6 Å². The van der Waals surface area contributed by atoms with Crippen LogP contribution in [0.1, 0.15) is 31.4 Å². The lowest BCUT2D eigenvalue weighted by atomic mass is 10.2. The summed E-state index contributed by atoms with van der Waals surface area (Å²) in [6.45, 7) is 5.55. The second kappa shape index (κ2) is 10.5. The summed E-state index contributed by atoms with van der Waals surface area (Å²) in [5.41, 5.74) is 1.74. The molecule has 1 aromatic heterocycles. The Labute approximate surface area is 159 Å². The molecule has 2 aromatic rings. The Bertz CT molecular complexity index is 745. The van der Waals surface area contributed by atoms with Crippen molar-refractivity contribution in [2.45, 2.75) is 26.8 Å². The van der Waals surface area contributed by atoms with E-state index < -0.39 is 0 Å². The van der Waals surface area contributed by atoms with Crippen molar-refractivity contribution in [3.8, 4) is 11.5 Å². The molecule has 0 aliphatic heterocycles. The van der Waals surface area contributed by atoms with Crippen molar-refractivity contribution in [3.63, 3.8) is 0 Å². The Hall–Kier alpha value is -2.53. The van der Waals surface area contributed by atoms with Gasteiger partial charge in [-0.2, -0.15) is 0 Å². The van der Waals surface area contributed by atoms with E-state index >= 15 is 0 Å². The summed E-state index contributed by atoms with van der Waals surface area (Å²) in [5.74, 6) is 1.20. The first kappa shape index (κ1) is 19.8. The number of halogens is 1. The van der Waals surface area contributed by atoms with Crippen LogP contribution < -0.4 is 14.8 Å². The zero-order valence-corrected chi connectivity index (χ0v) is 15.8. The largest absolute Gasteiger partial charge is 0.490 e. The molecule has 1 aromatic carbocycles. The van der Waals surface area contributed by atoms with Crippen molar-refractivity contribution in [3.05, 3.63) is 58.9 Å². The number of carbonyl (C=O) groups is 1. The van der Waals surface area contributed by atoms with Gasteiger partial charge in [0, 0.05) is 18.8 Å². The lowest BCUT2D eigenvalue weighted by Crippen LogP contribution is -2.20. The summed E-state index contributed by atoms with van der Waals surface area (Å²) in [6, 6.07) is 9.12. The molecule has 0 atom stereocenters. The van der Waals surface area contributed by atoms with Crippen LogP contribution in [0.15, 0.2) is 42.6 Å². The molecule has 1 amide bonds. The third-order valence-electron chi connectivity index (χ3n) is 3.41. The number of rotatable bonds is 9. The van der Waals surface area contributed by atoms with Crippen molar-refractivity contribution < 1.29 is 14.3 Å². The number of hydrogen-bond acceptors (Lipinski definition) is 4. The molecule has 0 aliphatic carbocycles. The van der Waals surface area contributed by atoms with Crippen molar-refractivity contribution in [2.24, 2.45) is 0 Å². The van der Waals surface area contributed by atoms with Crippen LogP contribution in [0.2, 0.25) is 5.15 Å². The fourth-order valence-electron chi connectivity index (χ4n) is 2.16. The first-order chi connectivity index (χ1) is 12.6. The smallest absolute Gasteiger partial charge is 0.244 e. The van der Waals surface area contributed by atoms with Gasteiger partial charge in [-0.05, 0) is 48.7 Å². The number of nitrogens with zero attached hydrogens (tertiary/aromatic N) is 1. The molecule has 0 aliphatic rings. The van der Waals surface area contributed by atoms with Crippen LogP contribution in [-0.4, -0.2) is 24.1 Å². The molecular formula is C20H23ClN2O3. The third-order valence-corrected chi connectivity index (χ3v) is 3.64. The van der Waals surface area contributed by atoms with E-state index in [1.807, 2.05) is 31.2 Å². The maximum atomic E-state index is 12.0. The molecule has 0 spiro atoms. The number of hydrogen-bond donors (Lipinski definition) is 1. The van der Waals surface area contributed by atoms with Crippen molar-refractivity contribution in [1.82, 2.24) is 10.3 Å². The summed E-state index contributed by atoms with van der Waals surface area (Å²) in [4.78, 5) is 16.0. The first-order valence-corrected chi connectivity index (χ1v) is 8.96. The Morgan fingerprint density at radius 3 is 2.73 bits per heavy atom. The van der Waals surface area contributed by atoms with Gasteiger partial charge in [0.05, 0.1) is 13.2 Å². The van der Waals surface area contributed by atoms with Crippen LogP contribution >= 0.6 is 11.6 Å². The minimum atomic E-state index is -0.191. The minimum absolute atomic E-state index is 0.191. The second-order valence-corrected chi connectivity index (χ2v) is 5.92. The van der Waals surface area contributed by atoms with Gasteiger partial charge in [-0.25, -0.2) is 4.98 Å². The Morgan fingerprint density at radius 1 is 1.19 bits per heavy atom. The number of pyridine rings is 1. The summed E-state index contributed by atoms with van der Waals surface area (Å²) < 4.78 is 11.3. The predicted octanol–water partition coefficient (Wildman–Crippen LogP) is 4.25. The molecule has 0 saturated carbocycles. The van der Waals surface area contributed by atoms with E-state index in [9.17, 15) is 4.79 Å². The van der Waals surface area contributed by atoms with E-state index in [0.717, 1.165) is 17.5 Å². The number of aromatic nitrogens is 1. The van der Waals surface area contributed by atoms with Crippen LogP contribution in [0, 0.1) is 0 Å². The molecule has 0 fully saturated rings. The van der Waals surface area contributed by atoms with Crippen LogP contribution in [0.3, 0.4) is 0 Å². The molecule has 0 bridgehead atoms. The standard InChI is InChI=1S/C20H23ClN2O3/c1-3-11-26-17-8-5-15(12-18(17)25-4-2)7-10-20(24)23-14-16-6-9-19(21)22-13-16/h5-10,12-13H,3-4,11,14H2,1-2H3,(H,23,24). The molecule has 6 heteroatoms. The number of benzene rings is 1. The summed E-state index contributed by atoms with van der Waals surface area (Å²) in [6.07, 6.45) is 5.79. The molecule has 0 radical (unpaired) electrons. The average Bonchev–Trinajstić information content (AvgIpc) is 2.65. The van der Waals surface area contributed by atoms with E-state index in [2.05, 4.69) is 17.2 Å². The minimum Gasteiger partial charge on any atom is -0.490 e. The van der Waals surface area contributed by atoms with E-state index in [4.69, 9.17) is 21.1 Å². The van der Waals surface area contributed by atoms with Crippen molar-refractivity contribution in [2.75, 3.05) is 13.2 Å². The Balaban J connectivity index is 1.96. The van der Waals surface area contributed by atoms with Crippen molar-refractivity contribution in [1.29, 1.82) is 0 Å². The van der Waals surface area contributed by atoms with E-state index in [1.54, 1.807) is 18.3 Å². The highest BCUT2D eigenvalue weighted by atomic mass is 35.5. The molecular weight excluding hydrogens is 352 g/mol. The zero-order valence-electron chi connectivity index (χ0n) is 15.0. The highest BCUT2D eigenvalue weighted by molar-refractivity contribution is 6.29. The number of amides is 1. The maximum absolute atomic E-state index is 12.0. The van der Waals surface area contributed by atoms with Gasteiger partial charge in [-0.1, -0.05) is 30.7 Å². The summed E-state index contributed by atoms with van der Waals surface area (Å²) in [7, 11) is 0. The van der Waals surface area contributed by atoms with E-state index in [1.165, 1.54) is 6.08 Å². The number of ether oxygens (including phenoxy) is 2. The zero-order chi connectivity index (χ0) is 18.8. The fraction of sp³-hybridized carbons (Fsp3) is 0.300. The highest BCUT2D eigenvalue weighted by Crippen LogP contribution is 2.29. The van der Waals surface area contributed by atoms with Crippen LogP contribution in [0.4, 0.5) is 0 Å². The van der Waals surface area contributed by atoms with Gasteiger partial charge in [0.15, 0.2) is 11.5 Å². The van der Waals surface area contributed by atoms with Crippen LogP contribution in [0.5, 0.6) is 11.5 Å². The molecule has 1 N–H and O–H groups in total. The second-order valence-electron chi connectivity index (χ2n) is 5.53. The normalized spacial score (nSPS) is 10.7. The number of nitrogens with one attached hydrogen (secondary N) is 1. The molecule has 0 saturated heterocycles. The molecule has 1 heterocycles. The highest BCUT2D eigenvalue weighted by Gasteiger charge is 2.05. The summed E-state index contributed by atoms with van der Waals surface area (Å²) >= 11 is 5.74. The van der Waals surface area contributed by atoms with Gasteiger partial charge in [0.2, 0.25) is 5.91 Å². The predicted molar refractivity (Wildman–Crippen MR) is 104 cm³/mol. The molecule has 138 valence electrons. The molecule has 2 rings (SSSR count). The maximum Gasteiger partial charge on any atom is 0.244 e. The van der Waals surface area contributed by atoms with Gasteiger partial charge in [0.1, 0.15) is 5.15 Å². The third kappa shape index (κ3) is 6.41. The van der Waals surface area contributed by atoms with Gasteiger partial charge >= 0.3 is 0 Å². The Morgan fingerprint density at radius 2 is 2.04 bits per heavy atom. The van der Waals surface area contributed by atoms with Crippen LogP contribution in [-0.2, 0) is 11.3 Å². The lowest BCUT2D eigenvalue weighted by molar-refractivity contribution is -0.116. The van der Waals surface area contributed by atoms with E-state index in [-0.39, 0.29) is 5.91 Å². The van der Waals surface area contributed by atoms with Crippen LogP contribution in [0.25, 0.3) is 6.08 Å². The molecule has 26 heavy (non-hydrogen) atoms.